The van der Waals surface area contributed by atoms with Crippen molar-refractivity contribution in [3.05, 3.63) is 23.8 Å². The molecule has 1 N–H and O–H groups in total. The molecule has 1 saturated heterocycles. The summed E-state index contributed by atoms with van der Waals surface area (Å²) in [6, 6.07) is 5.78. The van der Waals surface area contributed by atoms with E-state index in [-0.39, 0.29) is 42.5 Å². The molecule has 30 heavy (non-hydrogen) atoms. The lowest BCUT2D eigenvalue weighted by Gasteiger charge is -2.19. The third kappa shape index (κ3) is 5.12. The Bertz CT molecular complexity index is 755. The zero-order valence-electron chi connectivity index (χ0n) is 17.9. The molecule has 0 bridgehead atoms. The van der Waals surface area contributed by atoms with Gasteiger partial charge >= 0.3 is 0 Å². The second kappa shape index (κ2) is 10.5. The molecule has 1 aliphatic heterocycles. The number of ether oxygens (including phenoxy) is 2. The first kappa shape index (κ1) is 22.1. The summed E-state index contributed by atoms with van der Waals surface area (Å²) in [6.45, 7) is 5.62. The summed E-state index contributed by atoms with van der Waals surface area (Å²) in [5.74, 6) is 0.775. The second-order valence-corrected chi connectivity index (χ2v) is 7.82. The quantitative estimate of drug-likeness (QED) is 0.593. The summed E-state index contributed by atoms with van der Waals surface area (Å²) in [5, 5.41) is 2.88. The zero-order valence-corrected chi connectivity index (χ0v) is 17.9. The summed E-state index contributed by atoms with van der Waals surface area (Å²) in [5.41, 5.74) is 1.04. The molecule has 164 valence electrons. The number of hydrogen-bond acceptors (Lipinski definition) is 5. The molecule has 0 spiro atoms. The average Bonchev–Trinajstić information content (AvgIpc) is 2.99. The van der Waals surface area contributed by atoms with Crippen molar-refractivity contribution in [2.45, 2.75) is 52.4 Å². The summed E-state index contributed by atoms with van der Waals surface area (Å²) in [7, 11) is 0. The standard InChI is InChI=1S/C23H32N2O5/c1-3-29-19-10-9-16(15-20(19)30-4-2)11-13-24-21(26)12-14-25-22(27)17-7-5-6-8-18(17)23(25)28/h9-10,15,17-18H,3-8,11-14H2,1-2H3,(H,24,26)/t17-,18-/m0/s1. The molecule has 0 aromatic heterocycles. The fourth-order valence-electron chi connectivity index (χ4n) is 4.35. The lowest BCUT2D eigenvalue weighted by Crippen LogP contribution is -2.35. The minimum Gasteiger partial charge on any atom is -0.490 e. The first-order valence-corrected chi connectivity index (χ1v) is 11.1. The highest BCUT2D eigenvalue weighted by atomic mass is 16.5. The van der Waals surface area contributed by atoms with Crippen LogP contribution >= 0.6 is 0 Å². The normalized spacial score (nSPS) is 20.8. The predicted octanol–water partition coefficient (Wildman–Crippen LogP) is 2.71. The number of nitrogens with one attached hydrogen (secondary N) is 1. The molecule has 7 nitrogen and oxygen atoms in total. The SMILES string of the molecule is CCOc1ccc(CCNC(=O)CCN2C(=O)[C@H]3CCCC[C@@H]3C2=O)cc1OCC. The van der Waals surface area contributed by atoms with Gasteiger partial charge < -0.3 is 14.8 Å². The summed E-state index contributed by atoms with van der Waals surface area (Å²) in [6.07, 6.45) is 4.40. The number of benzene rings is 1. The Kier molecular flexibility index (Phi) is 7.71. The maximum Gasteiger partial charge on any atom is 0.233 e. The van der Waals surface area contributed by atoms with Crippen LogP contribution < -0.4 is 14.8 Å². The minimum atomic E-state index is -0.159. The van der Waals surface area contributed by atoms with Gasteiger partial charge in [0.15, 0.2) is 11.5 Å². The van der Waals surface area contributed by atoms with Crippen molar-refractivity contribution in [3.63, 3.8) is 0 Å². The lowest BCUT2D eigenvalue weighted by atomic mass is 9.81. The van der Waals surface area contributed by atoms with Gasteiger partial charge in [-0.25, -0.2) is 0 Å². The molecule has 7 heteroatoms. The van der Waals surface area contributed by atoms with E-state index in [1.807, 2.05) is 32.0 Å². The van der Waals surface area contributed by atoms with Gasteiger partial charge in [0.1, 0.15) is 0 Å². The van der Waals surface area contributed by atoms with E-state index < -0.39 is 0 Å². The van der Waals surface area contributed by atoms with Crippen molar-refractivity contribution in [1.29, 1.82) is 0 Å². The number of hydrogen-bond donors (Lipinski definition) is 1. The van der Waals surface area contributed by atoms with Crippen LogP contribution in [0.3, 0.4) is 0 Å². The summed E-state index contributed by atoms with van der Waals surface area (Å²) < 4.78 is 11.2. The van der Waals surface area contributed by atoms with Crippen LogP contribution in [0.4, 0.5) is 0 Å². The Morgan fingerprint density at radius 2 is 1.67 bits per heavy atom. The molecule has 3 amide bonds. The monoisotopic (exact) mass is 416 g/mol. The first-order valence-electron chi connectivity index (χ1n) is 11.1. The van der Waals surface area contributed by atoms with Gasteiger partial charge in [-0.05, 0) is 50.8 Å². The lowest BCUT2D eigenvalue weighted by molar-refractivity contribution is -0.140. The molecule has 1 saturated carbocycles. The van der Waals surface area contributed by atoms with Gasteiger partial charge in [0.25, 0.3) is 0 Å². The summed E-state index contributed by atoms with van der Waals surface area (Å²) >= 11 is 0. The van der Waals surface area contributed by atoms with E-state index in [0.29, 0.717) is 37.7 Å². The Labute approximate surface area is 178 Å². The van der Waals surface area contributed by atoms with E-state index in [1.165, 1.54) is 4.90 Å². The molecule has 1 aromatic carbocycles. The highest BCUT2D eigenvalue weighted by molar-refractivity contribution is 6.05. The van der Waals surface area contributed by atoms with Crippen LogP contribution in [0.2, 0.25) is 0 Å². The highest BCUT2D eigenvalue weighted by Crippen LogP contribution is 2.38. The molecule has 0 unspecified atom stereocenters. The Morgan fingerprint density at radius 1 is 1.03 bits per heavy atom. The maximum atomic E-state index is 12.5. The van der Waals surface area contributed by atoms with Crippen molar-refractivity contribution >= 4 is 17.7 Å². The van der Waals surface area contributed by atoms with E-state index in [9.17, 15) is 14.4 Å². The molecule has 2 aliphatic rings. The van der Waals surface area contributed by atoms with Gasteiger partial charge in [0.05, 0.1) is 25.0 Å². The maximum absolute atomic E-state index is 12.5. The summed E-state index contributed by atoms with van der Waals surface area (Å²) in [4.78, 5) is 38.5. The average molecular weight is 417 g/mol. The van der Waals surface area contributed by atoms with Gasteiger partial charge in [-0.2, -0.15) is 0 Å². The number of carbonyl (C=O) groups is 3. The van der Waals surface area contributed by atoms with Crippen LogP contribution in [-0.4, -0.2) is 48.9 Å². The van der Waals surface area contributed by atoms with E-state index >= 15 is 0 Å². The fourth-order valence-corrected chi connectivity index (χ4v) is 4.35. The van der Waals surface area contributed by atoms with E-state index in [0.717, 1.165) is 31.2 Å². The van der Waals surface area contributed by atoms with Crippen LogP contribution in [0, 0.1) is 11.8 Å². The number of rotatable bonds is 10. The van der Waals surface area contributed by atoms with E-state index in [1.54, 1.807) is 0 Å². The van der Waals surface area contributed by atoms with Crippen LogP contribution in [0.15, 0.2) is 18.2 Å². The molecule has 3 rings (SSSR count). The van der Waals surface area contributed by atoms with Crippen molar-refractivity contribution in [1.82, 2.24) is 10.2 Å². The van der Waals surface area contributed by atoms with Crippen molar-refractivity contribution in [2.24, 2.45) is 11.8 Å². The number of amides is 3. The van der Waals surface area contributed by atoms with Gasteiger partial charge in [-0.15, -0.1) is 0 Å². The van der Waals surface area contributed by atoms with Gasteiger partial charge in [-0.3, -0.25) is 19.3 Å². The Balaban J connectivity index is 1.44. The number of nitrogens with zero attached hydrogens (tertiary/aromatic N) is 1. The Morgan fingerprint density at radius 3 is 2.30 bits per heavy atom. The number of carbonyl (C=O) groups excluding carboxylic acids is 3. The first-order chi connectivity index (χ1) is 14.5. The molecule has 0 radical (unpaired) electrons. The van der Waals surface area contributed by atoms with Crippen molar-refractivity contribution in [3.8, 4) is 11.5 Å². The molecular weight excluding hydrogens is 384 g/mol. The van der Waals surface area contributed by atoms with Crippen LogP contribution in [0.5, 0.6) is 11.5 Å². The third-order valence-electron chi connectivity index (χ3n) is 5.84. The van der Waals surface area contributed by atoms with E-state index in [2.05, 4.69) is 5.32 Å². The van der Waals surface area contributed by atoms with Crippen molar-refractivity contribution < 1.29 is 23.9 Å². The van der Waals surface area contributed by atoms with Gasteiger partial charge in [0.2, 0.25) is 17.7 Å². The predicted molar refractivity (Wildman–Crippen MR) is 112 cm³/mol. The minimum absolute atomic E-state index is 0.0876. The molecule has 1 aliphatic carbocycles. The Hall–Kier alpha value is -2.57. The molecule has 1 heterocycles. The van der Waals surface area contributed by atoms with Gasteiger partial charge in [-0.1, -0.05) is 18.9 Å². The smallest absolute Gasteiger partial charge is 0.233 e. The van der Waals surface area contributed by atoms with Crippen molar-refractivity contribution in [2.75, 3.05) is 26.3 Å². The number of likely N-dealkylation sites (tertiary alicyclic amines) is 1. The number of fused-ring (bicyclic) bond motifs is 1. The molecule has 1 aromatic rings. The van der Waals surface area contributed by atoms with Crippen LogP contribution in [0.25, 0.3) is 0 Å². The van der Waals surface area contributed by atoms with Gasteiger partial charge in [0, 0.05) is 19.5 Å². The fraction of sp³-hybridized carbons (Fsp3) is 0.609. The van der Waals surface area contributed by atoms with E-state index in [4.69, 9.17) is 9.47 Å². The number of imide groups is 1. The molecule has 2 fully saturated rings. The highest BCUT2D eigenvalue weighted by Gasteiger charge is 2.47. The van der Waals surface area contributed by atoms with Crippen LogP contribution in [-0.2, 0) is 20.8 Å². The van der Waals surface area contributed by atoms with Crippen LogP contribution in [0.1, 0.15) is 51.5 Å². The topological polar surface area (TPSA) is 84.9 Å². The third-order valence-corrected chi connectivity index (χ3v) is 5.84. The molecule has 2 atom stereocenters. The largest absolute Gasteiger partial charge is 0.490 e. The molecular formula is C23H32N2O5. The second-order valence-electron chi connectivity index (χ2n) is 7.82. The zero-order chi connectivity index (χ0) is 21.5.